The van der Waals surface area contributed by atoms with Crippen molar-refractivity contribution in [3.05, 3.63) is 65.2 Å². The Morgan fingerprint density at radius 3 is 2.41 bits per heavy atom. The molecule has 0 saturated carbocycles. The van der Waals surface area contributed by atoms with Gasteiger partial charge in [0.2, 0.25) is 0 Å². The van der Waals surface area contributed by atoms with E-state index in [0.29, 0.717) is 5.56 Å². The molecule has 1 unspecified atom stereocenters. The highest BCUT2D eigenvalue weighted by Gasteiger charge is 2.22. The molecule has 5 heteroatoms. The standard InChI is InChI=1S/C17H17NO4/c1-11-6-5-9-13(15(11)19)16(20)18-14(17(21)22)10-12-7-3-2-4-8-12/h2-9,14,19H,10H2,1H3,(H,18,20)(H,21,22). The summed E-state index contributed by atoms with van der Waals surface area (Å²) in [6.45, 7) is 1.67. The molecule has 0 radical (unpaired) electrons. The summed E-state index contributed by atoms with van der Waals surface area (Å²) in [6, 6.07) is 12.8. The van der Waals surface area contributed by atoms with Crippen molar-refractivity contribution in [2.75, 3.05) is 0 Å². The normalized spacial score (nSPS) is 11.7. The van der Waals surface area contributed by atoms with Gasteiger partial charge < -0.3 is 15.5 Å². The number of carboxylic acid groups (broad SMARTS) is 1. The van der Waals surface area contributed by atoms with Crippen molar-refractivity contribution in [3.63, 3.8) is 0 Å². The van der Waals surface area contributed by atoms with Crippen molar-refractivity contribution in [1.82, 2.24) is 5.32 Å². The van der Waals surface area contributed by atoms with Crippen LogP contribution in [-0.4, -0.2) is 28.1 Å². The van der Waals surface area contributed by atoms with Crippen molar-refractivity contribution >= 4 is 11.9 Å². The average molecular weight is 299 g/mol. The Hall–Kier alpha value is -2.82. The number of benzene rings is 2. The lowest BCUT2D eigenvalue weighted by molar-refractivity contribution is -0.139. The Morgan fingerprint density at radius 1 is 1.09 bits per heavy atom. The lowest BCUT2D eigenvalue weighted by Gasteiger charge is -2.15. The third-order valence-electron chi connectivity index (χ3n) is 3.37. The quantitative estimate of drug-likeness (QED) is 0.789. The number of nitrogens with one attached hydrogen (secondary N) is 1. The van der Waals surface area contributed by atoms with E-state index >= 15 is 0 Å². The number of phenolic OH excluding ortho intramolecular Hbond substituents is 1. The van der Waals surface area contributed by atoms with E-state index in [0.717, 1.165) is 5.56 Å². The number of aliphatic carboxylic acids is 1. The summed E-state index contributed by atoms with van der Waals surface area (Å²) in [5, 5.41) is 21.6. The molecule has 2 aromatic rings. The van der Waals surface area contributed by atoms with Crippen LogP contribution in [0.4, 0.5) is 0 Å². The fraction of sp³-hybridized carbons (Fsp3) is 0.176. The highest BCUT2D eigenvalue weighted by Crippen LogP contribution is 2.21. The zero-order chi connectivity index (χ0) is 16.1. The first-order valence-corrected chi connectivity index (χ1v) is 6.85. The predicted octanol–water partition coefficient (Wildman–Crippen LogP) is 2.13. The lowest BCUT2D eigenvalue weighted by atomic mass is 10.0. The number of rotatable bonds is 5. The Morgan fingerprint density at radius 2 is 1.77 bits per heavy atom. The van der Waals surface area contributed by atoms with Gasteiger partial charge >= 0.3 is 5.97 Å². The average Bonchev–Trinajstić information content (AvgIpc) is 2.50. The van der Waals surface area contributed by atoms with Crippen LogP contribution in [0.15, 0.2) is 48.5 Å². The van der Waals surface area contributed by atoms with E-state index in [2.05, 4.69) is 5.32 Å². The van der Waals surface area contributed by atoms with Gasteiger partial charge in [-0.1, -0.05) is 42.5 Å². The van der Waals surface area contributed by atoms with Crippen LogP contribution in [0.3, 0.4) is 0 Å². The largest absolute Gasteiger partial charge is 0.507 e. The number of hydrogen-bond acceptors (Lipinski definition) is 3. The zero-order valence-electron chi connectivity index (χ0n) is 12.1. The molecule has 0 aromatic heterocycles. The fourth-order valence-corrected chi connectivity index (χ4v) is 2.13. The first-order valence-electron chi connectivity index (χ1n) is 6.85. The number of aryl methyl sites for hydroxylation is 1. The van der Waals surface area contributed by atoms with Crippen molar-refractivity contribution in [3.8, 4) is 5.75 Å². The van der Waals surface area contributed by atoms with Gasteiger partial charge in [0, 0.05) is 6.42 Å². The van der Waals surface area contributed by atoms with E-state index in [4.69, 9.17) is 0 Å². The van der Waals surface area contributed by atoms with Crippen LogP contribution in [0.2, 0.25) is 0 Å². The molecule has 3 N–H and O–H groups in total. The Bertz CT molecular complexity index is 682. The molecular weight excluding hydrogens is 282 g/mol. The first kappa shape index (κ1) is 15.6. The third-order valence-corrected chi connectivity index (χ3v) is 3.37. The maximum absolute atomic E-state index is 12.2. The first-order chi connectivity index (χ1) is 10.5. The summed E-state index contributed by atoms with van der Waals surface area (Å²) < 4.78 is 0. The number of para-hydroxylation sites is 1. The molecule has 2 aromatic carbocycles. The van der Waals surface area contributed by atoms with Gasteiger partial charge in [0.25, 0.3) is 5.91 Å². The molecule has 5 nitrogen and oxygen atoms in total. The maximum Gasteiger partial charge on any atom is 0.326 e. The van der Waals surface area contributed by atoms with Crippen molar-refractivity contribution in [1.29, 1.82) is 0 Å². The predicted molar refractivity (Wildman–Crippen MR) is 81.9 cm³/mol. The lowest BCUT2D eigenvalue weighted by Crippen LogP contribution is -2.42. The molecule has 0 bridgehead atoms. The Labute approximate surface area is 128 Å². The molecule has 114 valence electrons. The summed E-state index contributed by atoms with van der Waals surface area (Å²) in [5.41, 5.74) is 1.44. The van der Waals surface area contributed by atoms with Crippen LogP contribution in [0.5, 0.6) is 5.75 Å². The van der Waals surface area contributed by atoms with Crippen LogP contribution in [0.1, 0.15) is 21.5 Å². The number of amides is 1. The van der Waals surface area contributed by atoms with E-state index in [9.17, 15) is 19.8 Å². The molecule has 2 rings (SSSR count). The topological polar surface area (TPSA) is 86.6 Å². The van der Waals surface area contributed by atoms with Gasteiger partial charge in [-0.2, -0.15) is 0 Å². The van der Waals surface area contributed by atoms with Crippen LogP contribution < -0.4 is 5.32 Å². The van der Waals surface area contributed by atoms with Gasteiger partial charge in [-0.3, -0.25) is 4.79 Å². The number of carboxylic acids is 1. The van der Waals surface area contributed by atoms with Crippen LogP contribution in [0, 0.1) is 6.92 Å². The summed E-state index contributed by atoms with van der Waals surface area (Å²) in [6.07, 6.45) is 0.175. The van der Waals surface area contributed by atoms with Crippen LogP contribution in [-0.2, 0) is 11.2 Å². The van der Waals surface area contributed by atoms with Gasteiger partial charge in [0.15, 0.2) is 0 Å². The molecule has 1 atom stereocenters. The number of hydrogen-bond donors (Lipinski definition) is 3. The number of carbonyl (C=O) groups is 2. The van der Waals surface area contributed by atoms with E-state index in [1.165, 1.54) is 6.07 Å². The molecule has 0 saturated heterocycles. The van der Waals surface area contributed by atoms with Crippen molar-refractivity contribution in [2.24, 2.45) is 0 Å². The van der Waals surface area contributed by atoms with E-state index in [1.54, 1.807) is 31.2 Å². The van der Waals surface area contributed by atoms with Gasteiger partial charge in [-0.25, -0.2) is 4.79 Å². The molecular formula is C17H17NO4. The molecule has 1 amide bonds. The smallest absolute Gasteiger partial charge is 0.326 e. The second-order valence-corrected chi connectivity index (χ2v) is 5.03. The third kappa shape index (κ3) is 3.63. The van der Waals surface area contributed by atoms with E-state index < -0.39 is 17.9 Å². The van der Waals surface area contributed by atoms with Gasteiger partial charge in [-0.05, 0) is 24.1 Å². The van der Waals surface area contributed by atoms with E-state index in [1.807, 2.05) is 18.2 Å². The monoisotopic (exact) mass is 299 g/mol. The van der Waals surface area contributed by atoms with E-state index in [-0.39, 0.29) is 17.7 Å². The number of aromatic hydroxyl groups is 1. The minimum atomic E-state index is -1.12. The van der Waals surface area contributed by atoms with Gasteiger partial charge in [0.1, 0.15) is 11.8 Å². The van der Waals surface area contributed by atoms with Gasteiger partial charge in [0.05, 0.1) is 5.56 Å². The molecule has 0 aliphatic carbocycles. The Kier molecular flexibility index (Phi) is 4.78. The van der Waals surface area contributed by atoms with Crippen LogP contribution >= 0.6 is 0 Å². The molecule has 0 aliphatic heterocycles. The summed E-state index contributed by atoms with van der Waals surface area (Å²) in [4.78, 5) is 23.5. The Balaban J connectivity index is 2.16. The summed E-state index contributed by atoms with van der Waals surface area (Å²) in [7, 11) is 0. The summed E-state index contributed by atoms with van der Waals surface area (Å²) in [5.74, 6) is -1.86. The number of phenols is 1. The molecule has 0 aliphatic rings. The van der Waals surface area contributed by atoms with Crippen molar-refractivity contribution in [2.45, 2.75) is 19.4 Å². The van der Waals surface area contributed by atoms with Crippen LogP contribution in [0.25, 0.3) is 0 Å². The molecule has 22 heavy (non-hydrogen) atoms. The molecule has 0 fully saturated rings. The minimum absolute atomic E-state index is 0.0688. The second-order valence-electron chi connectivity index (χ2n) is 5.03. The fourth-order valence-electron chi connectivity index (χ4n) is 2.13. The second kappa shape index (κ2) is 6.76. The van der Waals surface area contributed by atoms with Crippen molar-refractivity contribution < 1.29 is 19.8 Å². The van der Waals surface area contributed by atoms with Gasteiger partial charge in [-0.15, -0.1) is 0 Å². The highest BCUT2D eigenvalue weighted by molar-refractivity contribution is 5.99. The summed E-state index contributed by atoms with van der Waals surface area (Å²) >= 11 is 0. The minimum Gasteiger partial charge on any atom is -0.507 e. The molecule has 0 spiro atoms. The highest BCUT2D eigenvalue weighted by atomic mass is 16.4. The number of carbonyl (C=O) groups excluding carboxylic acids is 1. The SMILES string of the molecule is Cc1cccc(C(=O)NC(Cc2ccccc2)C(=O)O)c1O. The zero-order valence-corrected chi connectivity index (χ0v) is 12.1. The molecule has 0 heterocycles. The maximum atomic E-state index is 12.2.